The molecule has 3 aromatic carbocycles. The van der Waals surface area contributed by atoms with E-state index in [0.29, 0.717) is 28.7 Å². The molecule has 0 aliphatic carbocycles. The van der Waals surface area contributed by atoms with E-state index < -0.39 is 11.1 Å². The predicted octanol–water partition coefficient (Wildman–Crippen LogP) is 7.08. The number of rotatable bonds is 11. The fourth-order valence-electron chi connectivity index (χ4n) is 3.97. The van der Waals surface area contributed by atoms with Gasteiger partial charge in [0.2, 0.25) is 11.8 Å². The third kappa shape index (κ3) is 8.38. The lowest BCUT2D eigenvalue weighted by Gasteiger charge is -2.32. The Bertz CT molecular complexity index is 1280. The number of amides is 2. The summed E-state index contributed by atoms with van der Waals surface area (Å²) in [7, 11) is 0. The summed E-state index contributed by atoms with van der Waals surface area (Å²) >= 11 is 1.16. The summed E-state index contributed by atoms with van der Waals surface area (Å²) in [5, 5.41) is 2.48. The van der Waals surface area contributed by atoms with Crippen molar-refractivity contribution >= 4 is 40.1 Å². The van der Waals surface area contributed by atoms with Gasteiger partial charge in [-0.3, -0.25) is 14.5 Å². The maximum atomic E-state index is 13.4. The lowest BCUT2D eigenvalue weighted by atomic mass is 10.2. The van der Waals surface area contributed by atoms with Gasteiger partial charge in [0, 0.05) is 12.1 Å². The van der Waals surface area contributed by atoms with E-state index in [-0.39, 0.29) is 30.6 Å². The summed E-state index contributed by atoms with van der Waals surface area (Å²) in [6, 6.07) is 18.6. The maximum Gasteiger partial charge on any atom is 0.238 e. The number of unbranched alkanes of at least 4 members (excludes halogenated alkanes) is 3. The molecule has 0 radical (unpaired) electrons. The molecule has 1 fully saturated rings. The lowest BCUT2D eigenvalue weighted by molar-refractivity contribution is -0.129. The molecule has 1 unspecified atom stereocenters. The average Bonchev–Trinajstić information content (AvgIpc) is 2.93. The number of aliphatic imine (C=N–C) groups is 1. The molecule has 0 aromatic heterocycles. The Hall–Kier alpha value is -3.72. The van der Waals surface area contributed by atoms with Crippen LogP contribution in [-0.2, 0) is 16.1 Å². The maximum absolute atomic E-state index is 13.4. The van der Waals surface area contributed by atoms with Crippen LogP contribution in [0.5, 0.6) is 5.75 Å². The van der Waals surface area contributed by atoms with Crippen molar-refractivity contribution in [2.75, 3.05) is 11.9 Å². The summed E-state index contributed by atoms with van der Waals surface area (Å²) < 4.78 is 32.6. The number of anilines is 1. The number of carbonyl (C=O) groups is 2. The summed E-state index contributed by atoms with van der Waals surface area (Å²) in [5.41, 5.74) is 1.76. The van der Waals surface area contributed by atoms with E-state index in [0.717, 1.165) is 30.4 Å². The molecule has 1 N–H and O–H groups in total. The van der Waals surface area contributed by atoms with Crippen molar-refractivity contribution in [2.45, 2.75) is 50.8 Å². The SMILES string of the molecule is CCCCCCOc1ccc(NC(=O)C2CC(=O)N(Cc3ccc(F)cc3)C(=Nc3ccc(F)cc3)S2)cc1. The standard InChI is InChI=1S/C30H31F2N3O3S/c1-2-3-4-5-18-38-26-16-14-24(15-17-26)33-29(37)27-19-28(36)35(20-21-6-8-22(31)9-7-21)30(39-27)34-25-12-10-23(32)11-13-25/h6-17,27H,2-5,18-20H2,1H3,(H,33,37). The monoisotopic (exact) mass is 551 g/mol. The van der Waals surface area contributed by atoms with Crippen LogP contribution in [0.3, 0.4) is 0 Å². The van der Waals surface area contributed by atoms with Crippen LogP contribution in [0.1, 0.15) is 44.6 Å². The predicted molar refractivity (Wildman–Crippen MR) is 151 cm³/mol. The first-order valence-corrected chi connectivity index (χ1v) is 13.9. The van der Waals surface area contributed by atoms with Crippen LogP contribution < -0.4 is 10.1 Å². The molecule has 0 spiro atoms. The van der Waals surface area contributed by atoms with Crippen molar-refractivity contribution in [3.8, 4) is 5.75 Å². The molecule has 39 heavy (non-hydrogen) atoms. The van der Waals surface area contributed by atoms with Gasteiger partial charge < -0.3 is 10.1 Å². The number of nitrogens with zero attached hydrogens (tertiary/aromatic N) is 2. The molecular weight excluding hydrogens is 520 g/mol. The number of thioether (sulfide) groups is 1. The normalized spacial score (nSPS) is 16.4. The van der Waals surface area contributed by atoms with Crippen molar-refractivity contribution in [1.29, 1.82) is 0 Å². The number of nitrogens with one attached hydrogen (secondary N) is 1. The molecule has 4 rings (SSSR count). The second-order valence-corrected chi connectivity index (χ2v) is 10.4. The second kappa shape index (κ2) is 13.9. The molecule has 3 aromatic rings. The molecule has 1 aliphatic heterocycles. The van der Waals surface area contributed by atoms with Crippen LogP contribution in [0.15, 0.2) is 77.8 Å². The highest BCUT2D eigenvalue weighted by Crippen LogP contribution is 2.31. The van der Waals surface area contributed by atoms with Crippen molar-refractivity contribution in [3.63, 3.8) is 0 Å². The number of benzene rings is 3. The third-order valence-corrected chi connectivity index (χ3v) is 7.31. The van der Waals surface area contributed by atoms with Crippen molar-refractivity contribution in [1.82, 2.24) is 4.90 Å². The quantitative estimate of drug-likeness (QED) is 0.259. The second-order valence-electron chi connectivity index (χ2n) is 9.21. The van der Waals surface area contributed by atoms with Crippen molar-refractivity contribution in [2.24, 2.45) is 4.99 Å². The molecule has 0 saturated carbocycles. The van der Waals surface area contributed by atoms with Crippen LogP contribution >= 0.6 is 11.8 Å². The fraction of sp³-hybridized carbons (Fsp3) is 0.300. The number of ether oxygens (including phenoxy) is 1. The highest BCUT2D eigenvalue weighted by molar-refractivity contribution is 8.15. The van der Waals surface area contributed by atoms with E-state index in [1.54, 1.807) is 36.4 Å². The average molecular weight is 552 g/mol. The first kappa shape index (κ1) is 28.3. The van der Waals surface area contributed by atoms with Gasteiger partial charge in [-0.15, -0.1) is 0 Å². The minimum absolute atomic E-state index is 0.0287. The molecule has 1 saturated heterocycles. The number of carbonyl (C=O) groups excluding carboxylic acids is 2. The first-order valence-electron chi connectivity index (χ1n) is 13.0. The molecule has 1 aliphatic rings. The zero-order chi connectivity index (χ0) is 27.6. The van der Waals surface area contributed by atoms with E-state index in [9.17, 15) is 18.4 Å². The number of halogens is 2. The van der Waals surface area contributed by atoms with Crippen molar-refractivity contribution < 1.29 is 23.1 Å². The highest BCUT2D eigenvalue weighted by atomic mass is 32.2. The first-order chi connectivity index (χ1) is 18.9. The van der Waals surface area contributed by atoms with Gasteiger partial charge in [-0.05, 0) is 72.6 Å². The van der Waals surface area contributed by atoms with Crippen LogP contribution in [0.2, 0.25) is 0 Å². The Balaban J connectivity index is 1.44. The zero-order valence-corrected chi connectivity index (χ0v) is 22.6. The van der Waals surface area contributed by atoms with Gasteiger partial charge in [0.05, 0.1) is 18.8 Å². The van der Waals surface area contributed by atoms with Gasteiger partial charge in [-0.1, -0.05) is 50.1 Å². The van der Waals surface area contributed by atoms with Crippen LogP contribution in [0.25, 0.3) is 0 Å². The molecule has 6 nitrogen and oxygen atoms in total. The van der Waals surface area contributed by atoms with Gasteiger partial charge >= 0.3 is 0 Å². The van der Waals surface area contributed by atoms with E-state index in [1.807, 2.05) is 0 Å². The van der Waals surface area contributed by atoms with Crippen molar-refractivity contribution in [3.05, 3.63) is 90.0 Å². The summed E-state index contributed by atoms with van der Waals surface area (Å²) in [5.74, 6) is -0.654. The number of amidine groups is 1. The molecule has 2 amide bonds. The molecular formula is C30H31F2N3O3S. The summed E-state index contributed by atoms with van der Waals surface area (Å²) in [6.45, 7) is 2.98. The summed E-state index contributed by atoms with van der Waals surface area (Å²) in [4.78, 5) is 32.4. The van der Waals surface area contributed by atoms with Gasteiger partial charge in [0.15, 0.2) is 5.17 Å². The molecule has 9 heteroatoms. The molecule has 0 bridgehead atoms. The van der Waals surface area contributed by atoms with Crippen LogP contribution in [0.4, 0.5) is 20.2 Å². The van der Waals surface area contributed by atoms with E-state index in [2.05, 4.69) is 17.2 Å². The number of hydrogen-bond acceptors (Lipinski definition) is 5. The van der Waals surface area contributed by atoms with E-state index in [1.165, 1.54) is 54.1 Å². The lowest BCUT2D eigenvalue weighted by Crippen LogP contribution is -2.44. The summed E-state index contributed by atoms with van der Waals surface area (Å²) in [6.07, 6.45) is 4.47. The third-order valence-electron chi connectivity index (χ3n) is 6.13. The van der Waals surface area contributed by atoms with Crippen LogP contribution in [0, 0.1) is 11.6 Å². The minimum Gasteiger partial charge on any atom is -0.494 e. The topological polar surface area (TPSA) is 71.0 Å². The molecule has 1 heterocycles. The smallest absolute Gasteiger partial charge is 0.238 e. The fourth-order valence-corrected chi connectivity index (χ4v) is 5.07. The van der Waals surface area contributed by atoms with Crippen LogP contribution in [-0.4, -0.2) is 33.7 Å². The van der Waals surface area contributed by atoms with E-state index >= 15 is 0 Å². The number of hydrogen-bond donors (Lipinski definition) is 1. The van der Waals surface area contributed by atoms with Gasteiger partial charge in [0.1, 0.15) is 22.6 Å². The Morgan fingerprint density at radius 2 is 1.64 bits per heavy atom. The largest absolute Gasteiger partial charge is 0.494 e. The Kier molecular flexibility index (Phi) is 10.1. The van der Waals surface area contributed by atoms with E-state index in [4.69, 9.17) is 4.74 Å². The Morgan fingerprint density at radius 3 is 2.31 bits per heavy atom. The Labute approximate surface area is 231 Å². The Morgan fingerprint density at radius 1 is 0.974 bits per heavy atom. The molecule has 204 valence electrons. The zero-order valence-electron chi connectivity index (χ0n) is 21.7. The minimum atomic E-state index is -0.712. The van der Waals surface area contributed by atoms with Gasteiger partial charge in [0.25, 0.3) is 0 Å². The highest BCUT2D eigenvalue weighted by Gasteiger charge is 2.36. The van der Waals surface area contributed by atoms with Gasteiger partial charge in [-0.25, -0.2) is 13.8 Å². The molecule has 1 atom stereocenters. The van der Waals surface area contributed by atoms with Gasteiger partial charge in [-0.2, -0.15) is 0 Å².